The molecule has 0 bridgehead atoms. The standard InChI is InChI=1S/C38H33N/c1-3-26-10-8-16-31-30(26)15-9-17-32(31)38-35-13-6-4-11-33(35)37(34-12-5-7-14-36(34)38)28-20-18-27(19-21-28)29-22-25(2)23-39-24-29/h4-18,20,22-24,33,35H,3,19,21H2,1-2H3. The number of pyridine rings is 1. The summed E-state index contributed by atoms with van der Waals surface area (Å²) in [6.45, 7) is 4.37. The van der Waals surface area contributed by atoms with Crippen molar-refractivity contribution >= 4 is 27.5 Å². The lowest BCUT2D eigenvalue weighted by molar-refractivity contribution is 0.680. The number of hydrogen-bond donors (Lipinski definition) is 0. The van der Waals surface area contributed by atoms with Crippen molar-refractivity contribution in [2.24, 2.45) is 11.8 Å². The first-order chi connectivity index (χ1) is 19.2. The molecular formula is C38H33N. The van der Waals surface area contributed by atoms with Gasteiger partial charge in [0.25, 0.3) is 0 Å². The number of hydrogen-bond acceptors (Lipinski definition) is 1. The van der Waals surface area contributed by atoms with Gasteiger partial charge in [-0.2, -0.15) is 0 Å². The van der Waals surface area contributed by atoms with Crippen LogP contribution in [0.25, 0.3) is 27.5 Å². The molecule has 0 fully saturated rings. The van der Waals surface area contributed by atoms with Crippen LogP contribution in [-0.2, 0) is 6.42 Å². The molecule has 2 atom stereocenters. The van der Waals surface area contributed by atoms with E-state index >= 15 is 0 Å². The van der Waals surface area contributed by atoms with E-state index in [1.54, 1.807) is 0 Å². The van der Waals surface area contributed by atoms with Gasteiger partial charge >= 0.3 is 0 Å². The third-order valence-corrected chi connectivity index (χ3v) is 8.73. The molecule has 0 aliphatic heterocycles. The van der Waals surface area contributed by atoms with Crippen LogP contribution in [0.3, 0.4) is 0 Å². The van der Waals surface area contributed by atoms with E-state index in [1.807, 2.05) is 12.4 Å². The van der Waals surface area contributed by atoms with Crippen LogP contribution in [0.1, 0.15) is 42.0 Å². The average Bonchev–Trinajstić information content (AvgIpc) is 2.99. The fourth-order valence-electron chi connectivity index (χ4n) is 6.93. The van der Waals surface area contributed by atoms with Crippen molar-refractivity contribution in [3.05, 3.63) is 154 Å². The molecule has 190 valence electrons. The first-order valence-corrected chi connectivity index (χ1v) is 14.2. The van der Waals surface area contributed by atoms with Crippen LogP contribution in [0.5, 0.6) is 0 Å². The van der Waals surface area contributed by atoms with Crippen LogP contribution < -0.4 is 10.4 Å². The molecule has 1 heteroatoms. The Balaban J connectivity index is 1.48. The summed E-state index contributed by atoms with van der Waals surface area (Å²) in [5.74, 6) is 0.634. The molecule has 4 aromatic rings. The summed E-state index contributed by atoms with van der Waals surface area (Å²) in [6, 6.07) is 25.1. The summed E-state index contributed by atoms with van der Waals surface area (Å²) in [7, 11) is 0. The van der Waals surface area contributed by atoms with E-state index < -0.39 is 0 Å². The van der Waals surface area contributed by atoms with Gasteiger partial charge in [-0.15, -0.1) is 0 Å². The molecule has 0 amide bonds. The summed E-state index contributed by atoms with van der Waals surface area (Å²) in [5.41, 5.74) is 11.0. The van der Waals surface area contributed by atoms with Crippen LogP contribution in [0.15, 0.2) is 121 Å². The molecule has 39 heavy (non-hydrogen) atoms. The maximum Gasteiger partial charge on any atom is 0.0343 e. The zero-order valence-electron chi connectivity index (χ0n) is 22.7. The highest BCUT2D eigenvalue weighted by molar-refractivity contribution is 5.97. The normalized spacial score (nSPS) is 19.9. The molecular weight excluding hydrogens is 470 g/mol. The minimum absolute atomic E-state index is 0.308. The zero-order valence-corrected chi connectivity index (χ0v) is 22.7. The van der Waals surface area contributed by atoms with E-state index in [2.05, 4.69) is 122 Å². The van der Waals surface area contributed by atoms with Gasteiger partial charge in [0.2, 0.25) is 0 Å². The van der Waals surface area contributed by atoms with Gasteiger partial charge in [0, 0.05) is 24.2 Å². The number of aromatic nitrogens is 1. The van der Waals surface area contributed by atoms with Gasteiger partial charge in [-0.25, -0.2) is 0 Å². The second-order valence-electron chi connectivity index (χ2n) is 11.0. The predicted octanol–water partition coefficient (Wildman–Crippen LogP) is 7.63. The molecule has 0 radical (unpaired) electrons. The fraction of sp³-hybridized carbons (Fsp3) is 0.184. The molecule has 3 aromatic carbocycles. The van der Waals surface area contributed by atoms with Crippen LogP contribution in [0, 0.1) is 18.8 Å². The quantitative estimate of drug-likeness (QED) is 0.279. The molecule has 1 heterocycles. The van der Waals surface area contributed by atoms with E-state index in [0.29, 0.717) is 11.8 Å². The second-order valence-corrected chi connectivity index (χ2v) is 11.0. The third-order valence-electron chi connectivity index (χ3n) is 8.73. The summed E-state index contributed by atoms with van der Waals surface area (Å²) in [6.07, 6.45) is 21.1. The molecule has 3 aliphatic carbocycles. The van der Waals surface area contributed by atoms with Gasteiger partial charge in [-0.1, -0.05) is 104 Å². The fourth-order valence-corrected chi connectivity index (χ4v) is 6.93. The smallest absolute Gasteiger partial charge is 0.0343 e. The van der Waals surface area contributed by atoms with Gasteiger partial charge in [-0.3, -0.25) is 4.98 Å². The largest absolute Gasteiger partial charge is 0.264 e. The topological polar surface area (TPSA) is 12.9 Å². The molecule has 0 spiro atoms. The van der Waals surface area contributed by atoms with Crippen molar-refractivity contribution in [2.75, 3.05) is 0 Å². The molecule has 1 aromatic heterocycles. The van der Waals surface area contributed by atoms with Crippen LogP contribution in [-0.4, -0.2) is 4.98 Å². The Morgan fingerprint density at radius 3 is 2.15 bits per heavy atom. The average molecular weight is 504 g/mol. The lowest BCUT2D eigenvalue weighted by Gasteiger charge is -2.35. The van der Waals surface area contributed by atoms with E-state index in [4.69, 9.17) is 0 Å². The number of benzene rings is 3. The Labute approximate surface area is 230 Å². The van der Waals surface area contributed by atoms with E-state index in [9.17, 15) is 0 Å². The van der Waals surface area contributed by atoms with E-state index in [0.717, 1.165) is 19.3 Å². The highest BCUT2D eigenvalue weighted by atomic mass is 14.6. The van der Waals surface area contributed by atoms with Gasteiger partial charge in [0.05, 0.1) is 0 Å². The molecule has 2 unspecified atom stereocenters. The molecule has 0 saturated carbocycles. The lowest BCUT2D eigenvalue weighted by atomic mass is 9.68. The molecule has 7 rings (SSSR count). The first kappa shape index (κ1) is 23.9. The Kier molecular flexibility index (Phi) is 6.01. The molecule has 1 nitrogen and oxygen atoms in total. The number of allylic oxidation sites excluding steroid dienone is 8. The summed E-state index contributed by atoms with van der Waals surface area (Å²) in [5, 5.41) is 5.50. The SMILES string of the molecule is CCc1cccc2c(C3=c4ccccc4=C(C4=CC=C(c5cncc(C)c5)CC4)C4C=CC=CC34)cccc12. The minimum Gasteiger partial charge on any atom is -0.264 e. The Morgan fingerprint density at radius 2 is 1.41 bits per heavy atom. The van der Waals surface area contributed by atoms with Crippen LogP contribution >= 0.6 is 0 Å². The van der Waals surface area contributed by atoms with Crippen molar-refractivity contribution in [3.63, 3.8) is 0 Å². The van der Waals surface area contributed by atoms with E-state index in [1.165, 1.54) is 65.8 Å². The lowest BCUT2D eigenvalue weighted by Crippen LogP contribution is -2.40. The second kappa shape index (κ2) is 9.82. The van der Waals surface area contributed by atoms with E-state index in [-0.39, 0.29) is 0 Å². The maximum absolute atomic E-state index is 4.44. The summed E-state index contributed by atoms with van der Waals surface area (Å²) >= 11 is 0. The molecule has 0 saturated heterocycles. The maximum atomic E-state index is 4.44. The van der Waals surface area contributed by atoms with Crippen molar-refractivity contribution in [2.45, 2.75) is 33.1 Å². The van der Waals surface area contributed by atoms with Crippen molar-refractivity contribution in [1.82, 2.24) is 4.98 Å². The van der Waals surface area contributed by atoms with Crippen LogP contribution in [0.4, 0.5) is 0 Å². The number of rotatable bonds is 4. The zero-order chi connectivity index (χ0) is 26.3. The third kappa shape index (κ3) is 4.05. The first-order valence-electron chi connectivity index (χ1n) is 14.2. The van der Waals surface area contributed by atoms with Gasteiger partial charge in [-0.05, 0) is 98.0 Å². The number of fused-ring (bicyclic) bond motifs is 3. The number of aryl methyl sites for hydroxylation is 2. The van der Waals surface area contributed by atoms with Crippen molar-refractivity contribution in [1.29, 1.82) is 0 Å². The van der Waals surface area contributed by atoms with Gasteiger partial charge in [0.15, 0.2) is 0 Å². The van der Waals surface area contributed by atoms with Crippen molar-refractivity contribution < 1.29 is 0 Å². The monoisotopic (exact) mass is 503 g/mol. The van der Waals surface area contributed by atoms with Crippen LogP contribution in [0.2, 0.25) is 0 Å². The Bertz CT molecular complexity index is 1860. The molecule has 3 aliphatic rings. The highest BCUT2D eigenvalue weighted by Crippen LogP contribution is 2.44. The van der Waals surface area contributed by atoms with Crippen molar-refractivity contribution in [3.8, 4) is 0 Å². The Hall–Kier alpha value is -4.23. The summed E-state index contributed by atoms with van der Waals surface area (Å²) < 4.78 is 0. The minimum atomic E-state index is 0.308. The van der Waals surface area contributed by atoms with Gasteiger partial charge < -0.3 is 0 Å². The number of nitrogens with zero attached hydrogens (tertiary/aromatic N) is 1. The highest BCUT2D eigenvalue weighted by Gasteiger charge is 2.33. The Morgan fingerprint density at radius 1 is 0.718 bits per heavy atom. The molecule has 0 N–H and O–H groups in total. The van der Waals surface area contributed by atoms with Gasteiger partial charge in [0.1, 0.15) is 0 Å². The summed E-state index contributed by atoms with van der Waals surface area (Å²) in [4.78, 5) is 4.44. The predicted molar refractivity (Wildman–Crippen MR) is 164 cm³/mol.